The number of hydrogen-bond acceptors (Lipinski definition) is 8. The van der Waals surface area contributed by atoms with E-state index in [4.69, 9.17) is 0 Å². The number of hydrogen-bond donors (Lipinski definition) is 0. The summed E-state index contributed by atoms with van der Waals surface area (Å²) in [5, 5.41) is 15.0. The number of carbonyl (C=O) groups is 1. The third-order valence-electron chi connectivity index (χ3n) is 2.42. The summed E-state index contributed by atoms with van der Waals surface area (Å²) >= 11 is 3.10. The Bertz CT molecular complexity index is 581. The van der Waals surface area contributed by atoms with Gasteiger partial charge < -0.3 is 4.74 Å². The highest BCUT2D eigenvalue weighted by Gasteiger charge is 2.12. The number of tetrazole rings is 1. The quantitative estimate of drug-likeness (QED) is 0.593. The Hall–Kier alpha value is -1.48. The SMILES string of the molecule is COC(=O)Cn1nnnc1SCc1csc(C(C)C)n1. The minimum atomic E-state index is -0.380. The van der Waals surface area contributed by atoms with Crippen LogP contribution in [-0.4, -0.2) is 38.3 Å². The number of esters is 1. The van der Waals surface area contributed by atoms with E-state index in [1.54, 1.807) is 11.3 Å². The highest BCUT2D eigenvalue weighted by Crippen LogP contribution is 2.24. The molecule has 0 unspecified atom stereocenters. The molecule has 2 heterocycles. The van der Waals surface area contributed by atoms with E-state index in [0.717, 1.165) is 10.7 Å². The number of rotatable bonds is 6. The molecule has 0 atom stereocenters. The van der Waals surface area contributed by atoms with E-state index < -0.39 is 0 Å². The van der Waals surface area contributed by atoms with Crippen LogP contribution in [0.5, 0.6) is 0 Å². The molecule has 0 radical (unpaired) electrons. The van der Waals surface area contributed by atoms with E-state index >= 15 is 0 Å². The molecule has 2 rings (SSSR count). The monoisotopic (exact) mass is 313 g/mol. The average molecular weight is 313 g/mol. The number of nitrogens with zero attached hydrogens (tertiary/aromatic N) is 5. The van der Waals surface area contributed by atoms with Gasteiger partial charge in [-0.2, -0.15) is 0 Å². The van der Waals surface area contributed by atoms with Crippen LogP contribution in [0.1, 0.15) is 30.5 Å². The molecular weight excluding hydrogens is 298 g/mol. The fraction of sp³-hybridized carbons (Fsp3) is 0.545. The summed E-state index contributed by atoms with van der Waals surface area (Å²) in [6.45, 7) is 4.25. The summed E-state index contributed by atoms with van der Waals surface area (Å²) in [7, 11) is 1.34. The molecule has 0 fully saturated rings. The molecule has 0 saturated carbocycles. The highest BCUT2D eigenvalue weighted by atomic mass is 32.2. The normalized spacial score (nSPS) is 11.0. The van der Waals surface area contributed by atoms with Gasteiger partial charge in [0.25, 0.3) is 0 Å². The van der Waals surface area contributed by atoms with Crippen LogP contribution in [0.2, 0.25) is 0 Å². The van der Waals surface area contributed by atoms with E-state index in [0.29, 0.717) is 16.8 Å². The Kier molecular flexibility index (Phi) is 5.07. The van der Waals surface area contributed by atoms with Crippen molar-refractivity contribution in [1.29, 1.82) is 0 Å². The highest BCUT2D eigenvalue weighted by molar-refractivity contribution is 7.98. The maximum Gasteiger partial charge on any atom is 0.327 e. The van der Waals surface area contributed by atoms with E-state index in [9.17, 15) is 4.79 Å². The lowest BCUT2D eigenvalue weighted by Gasteiger charge is -2.02. The molecular formula is C11H15N5O2S2. The van der Waals surface area contributed by atoms with Crippen LogP contribution in [0.3, 0.4) is 0 Å². The summed E-state index contributed by atoms with van der Waals surface area (Å²) in [5.74, 6) is 0.725. The van der Waals surface area contributed by atoms with Gasteiger partial charge in [0.05, 0.1) is 17.8 Å². The predicted molar refractivity (Wildman–Crippen MR) is 75.6 cm³/mol. The number of carbonyl (C=O) groups excluding carboxylic acids is 1. The Morgan fingerprint density at radius 2 is 2.35 bits per heavy atom. The van der Waals surface area contributed by atoms with Gasteiger partial charge in [-0.3, -0.25) is 4.79 Å². The van der Waals surface area contributed by atoms with Crippen LogP contribution < -0.4 is 0 Å². The molecule has 0 N–H and O–H groups in total. The van der Waals surface area contributed by atoms with Gasteiger partial charge in [-0.05, 0) is 10.4 Å². The number of ether oxygens (including phenoxy) is 1. The molecule has 9 heteroatoms. The molecule has 0 aromatic carbocycles. The van der Waals surface area contributed by atoms with E-state index in [1.807, 2.05) is 5.38 Å². The van der Waals surface area contributed by atoms with Gasteiger partial charge in [0.1, 0.15) is 6.54 Å². The maximum absolute atomic E-state index is 11.2. The molecule has 0 spiro atoms. The second-order valence-electron chi connectivity index (χ2n) is 4.32. The largest absolute Gasteiger partial charge is 0.468 e. The van der Waals surface area contributed by atoms with Gasteiger partial charge in [0.15, 0.2) is 0 Å². The predicted octanol–water partition coefficient (Wildman–Crippen LogP) is 1.72. The zero-order valence-electron chi connectivity index (χ0n) is 11.4. The molecule has 0 aliphatic heterocycles. The topological polar surface area (TPSA) is 82.8 Å². The van der Waals surface area contributed by atoms with E-state index in [2.05, 4.69) is 39.1 Å². The molecule has 0 saturated heterocycles. The molecule has 0 aliphatic carbocycles. The van der Waals surface area contributed by atoms with Crippen LogP contribution in [0.15, 0.2) is 10.5 Å². The number of methoxy groups -OCH3 is 1. The second kappa shape index (κ2) is 6.80. The summed E-state index contributed by atoms with van der Waals surface area (Å²) in [6, 6.07) is 0. The van der Waals surface area contributed by atoms with Crippen molar-refractivity contribution in [2.24, 2.45) is 0 Å². The fourth-order valence-corrected chi connectivity index (χ4v) is 3.09. The van der Waals surface area contributed by atoms with Crippen molar-refractivity contribution in [1.82, 2.24) is 25.2 Å². The standard InChI is InChI=1S/C11H15N5O2S2/c1-7(2)10-12-8(5-19-10)6-20-11-13-14-15-16(11)4-9(17)18-3/h5,7H,4,6H2,1-3H3. The summed E-state index contributed by atoms with van der Waals surface area (Å²) in [6.07, 6.45) is 0. The summed E-state index contributed by atoms with van der Waals surface area (Å²) in [5.41, 5.74) is 0.997. The molecule has 2 aromatic rings. The number of aromatic nitrogens is 5. The second-order valence-corrected chi connectivity index (χ2v) is 6.15. The van der Waals surface area contributed by atoms with Crippen LogP contribution >= 0.6 is 23.1 Å². The fourth-order valence-electron chi connectivity index (χ4n) is 1.38. The first-order chi connectivity index (χ1) is 9.60. The van der Waals surface area contributed by atoms with E-state index in [-0.39, 0.29) is 12.5 Å². The third-order valence-corrected chi connectivity index (χ3v) is 4.60. The van der Waals surface area contributed by atoms with Crippen LogP contribution in [-0.2, 0) is 21.8 Å². The van der Waals surface area contributed by atoms with Crippen molar-refractivity contribution >= 4 is 29.1 Å². The molecule has 7 nitrogen and oxygen atoms in total. The zero-order chi connectivity index (χ0) is 14.5. The lowest BCUT2D eigenvalue weighted by Crippen LogP contribution is -2.13. The van der Waals surface area contributed by atoms with Gasteiger partial charge in [0, 0.05) is 17.1 Å². The van der Waals surface area contributed by atoms with Gasteiger partial charge in [0.2, 0.25) is 5.16 Å². The molecule has 2 aromatic heterocycles. The molecule has 0 bridgehead atoms. The smallest absolute Gasteiger partial charge is 0.327 e. The van der Waals surface area contributed by atoms with Crippen molar-refractivity contribution < 1.29 is 9.53 Å². The van der Waals surface area contributed by atoms with Gasteiger partial charge in [-0.25, -0.2) is 9.67 Å². The van der Waals surface area contributed by atoms with Gasteiger partial charge >= 0.3 is 5.97 Å². The van der Waals surface area contributed by atoms with E-state index in [1.165, 1.54) is 23.6 Å². The minimum Gasteiger partial charge on any atom is -0.468 e. The minimum absolute atomic E-state index is 0.0140. The van der Waals surface area contributed by atoms with Crippen molar-refractivity contribution in [2.45, 2.75) is 37.2 Å². The van der Waals surface area contributed by atoms with Gasteiger partial charge in [-0.1, -0.05) is 25.6 Å². The van der Waals surface area contributed by atoms with Crippen LogP contribution in [0, 0.1) is 0 Å². The lowest BCUT2D eigenvalue weighted by molar-refractivity contribution is -0.141. The first-order valence-corrected chi connectivity index (χ1v) is 7.86. The molecule has 108 valence electrons. The summed E-state index contributed by atoms with van der Waals surface area (Å²) < 4.78 is 6.02. The molecule has 0 aliphatic rings. The Labute approximate surface area is 124 Å². The first-order valence-electron chi connectivity index (χ1n) is 6.00. The van der Waals surface area contributed by atoms with Crippen molar-refractivity contribution in [3.63, 3.8) is 0 Å². The third kappa shape index (κ3) is 3.76. The maximum atomic E-state index is 11.2. The van der Waals surface area contributed by atoms with Crippen molar-refractivity contribution in [3.05, 3.63) is 16.1 Å². The van der Waals surface area contributed by atoms with Crippen molar-refractivity contribution in [3.8, 4) is 0 Å². The molecule has 0 amide bonds. The van der Waals surface area contributed by atoms with Crippen LogP contribution in [0.4, 0.5) is 0 Å². The molecule has 20 heavy (non-hydrogen) atoms. The van der Waals surface area contributed by atoms with Crippen molar-refractivity contribution in [2.75, 3.05) is 7.11 Å². The zero-order valence-corrected chi connectivity index (χ0v) is 13.1. The summed E-state index contributed by atoms with van der Waals surface area (Å²) in [4.78, 5) is 15.8. The lowest BCUT2D eigenvalue weighted by atomic mass is 10.2. The number of thioether (sulfide) groups is 1. The van der Waals surface area contributed by atoms with Gasteiger partial charge in [-0.15, -0.1) is 16.4 Å². The first kappa shape index (κ1) is 14.9. The average Bonchev–Trinajstić information content (AvgIpc) is 3.05. The Morgan fingerprint density at radius 3 is 3.00 bits per heavy atom. The van der Waals surface area contributed by atoms with Crippen LogP contribution in [0.25, 0.3) is 0 Å². The Morgan fingerprint density at radius 1 is 1.55 bits per heavy atom. The Balaban J connectivity index is 1.96. The number of thiazole rings is 1.